The molecule has 1 aromatic heterocycles. The number of hydrogen-bond acceptors (Lipinski definition) is 5. The fourth-order valence-electron chi connectivity index (χ4n) is 1.37. The number of aromatic nitrogens is 2. The Bertz CT molecular complexity index is 427. The molecule has 18 heavy (non-hydrogen) atoms. The number of nitrogens with two attached hydrogens (primary N) is 1. The maximum atomic E-state index is 12.4. The summed E-state index contributed by atoms with van der Waals surface area (Å²) in [6, 6.07) is 0. The first-order valence-corrected chi connectivity index (χ1v) is 5.34. The zero-order valence-corrected chi connectivity index (χ0v) is 10.3. The molecule has 0 saturated carbocycles. The van der Waals surface area contributed by atoms with Crippen LogP contribution in [0.1, 0.15) is 5.69 Å². The van der Waals surface area contributed by atoms with Crippen molar-refractivity contribution in [1.29, 1.82) is 0 Å². The Kier molecular flexibility index (Phi) is 4.58. The van der Waals surface area contributed by atoms with Crippen LogP contribution in [0.15, 0.2) is 0 Å². The topological polar surface area (TPSA) is 75.3 Å². The van der Waals surface area contributed by atoms with E-state index in [9.17, 15) is 13.2 Å². The molecule has 0 bridgehead atoms. The average molecular weight is 285 g/mol. The van der Waals surface area contributed by atoms with Crippen LogP contribution in [0.3, 0.4) is 0 Å². The number of aryl methyl sites for hydroxylation is 1. The fourth-order valence-corrected chi connectivity index (χ4v) is 1.58. The molecule has 0 radical (unpaired) electrons. The van der Waals surface area contributed by atoms with Gasteiger partial charge >= 0.3 is 6.18 Å². The highest BCUT2D eigenvalue weighted by molar-refractivity contribution is 6.28. The summed E-state index contributed by atoms with van der Waals surface area (Å²) in [4.78, 5) is 8.23. The second-order valence-electron chi connectivity index (χ2n) is 3.58. The van der Waals surface area contributed by atoms with Crippen LogP contribution in [0, 0.1) is 6.92 Å². The number of alkyl halides is 3. The molecule has 1 heterocycles. The number of hydrogen-bond donors (Lipinski definition) is 2. The summed E-state index contributed by atoms with van der Waals surface area (Å²) in [5.74, 6) is -0.126. The third kappa shape index (κ3) is 3.88. The smallest absolute Gasteiger partial charge is 0.395 e. The third-order valence-electron chi connectivity index (χ3n) is 2.13. The van der Waals surface area contributed by atoms with Gasteiger partial charge in [0.05, 0.1) is 18.0 Å². The molecule has 1 aromatic rings. The van der Waals surface area contributed by atoms with Gasteiger partial charge in [-0.3, -0.25) is 0 Å². The second kappa shape index (κ2) is 5.57. The van der Waals surface area contributed by atoms with Crippen LogP contribution in [-0.4, -0.2) is 40.9 Å². The van der Waals surface area contributed by atoms with E-state index in [0.29, 0.717) is 0 Å². The van der Waals surface area contributed by atoms with Crippen LogP contribution in [0.4, 0.5) is 24.7 Å². The predicted molar refractivity (Wildman–Crippen MR) is 61.5 cm³/mol. The van der Waals surface area contributed by atoms with Gasteiger partial charge in [-0.05, 0) is 18.5 Å². The second-order valence-corrected chi connectivity index (χ2v) is 3.91. The first-order chi connectivity index (χ1) is 8.24. The van der Waals surface area contributed by atoms with Gasteiger partial charge in [0.2, 0.25) is 5.28 Å². The van der Waals surface area contributed by atoms with Gasteiger partial charge in [0.25, 0.3) is 0 Å². The molecule has 0 aliphatic rings. The van der Waals surface area contributed by atoms with Crippen LogP contribution in [-0.2, 0) is 0 Å². The molecule has 1 rings (SSSR count). The Morgan fingerprint density at radius 3 is 2.50 bits per heavy atom. The van der Waals surface area contributed by atoms with Gasteiger partial charge in [-0.2, -0.15) is 18.2 Å². The molecule has 0 atom stereocenters. The lowest BCUT2D eigenvalue weighted by atomic mass is 10.3. The number of anilines is 2. The molecule has 0 spiro atoms. The average Bonchev–Trinajstić information content (AvgIpc) is 2.21. The Morgan fingerprint density at radius 1 is 1.39 bits per heavy atom. The van der Waals surface area contributed by atoms with E-state index < -0.39 is 19.3 Å². The summed E-state index contributed by atoms with van der Waals surface area (Å²) >= 11 is 5.59. The highest BCUT2D eigenvalue weighted by Crippen LogP contribution is 2.27. The monoisotopic (exact) mass is 284 g/mol. The summed E-state index contributed by atoms with van der Waals surface area (Å²) in [5, 5.41) is 8.61. The lowest BCUT2D eigenvalue weighted by molar-refractivity contribution is -0.119. The molecule has 0 aromatic carbocycles. The number of rotatable bonds is 4. The van der Waals surface area contributed by atoms with Crippen molar-refractivity contribution < 1.29 is 18.3 Å². The van der Waals surface area contributed by atoms with Crippen molar-refractivity contribution in [1.82, 2.24) is 9.97 Å². The number of nitrogen functional groups attached to an aromatic ring is 1. The van der Waals surface area contributed by atoms with Gasteiger partial charge in [0.1, 0.15) is 6.54 Å². The van der Waals surface area contributed by atoms with E-state index in [-0.39, 0.29) is 29.0 Å². The molecule has 0 aliphatic carbocycles. The summed E-state index contributed by atoms with van der Waals surface area (Å²) in [7, 11) is 0. The van der Waals surface area contributed by atoms with E-state index in [1.54, 1.807) is 0 Å². The molecule has 3 N–H and O–H groups in total. The molecule has 0 saturated heterocycles. The SMILES string of the molecule is Cc1nc(Cl)nc(N(CCO)CC(F)(F)F)c1N. The Morgan fingerprint density at radius 2 is 2.00 bits per heavy atom. The number of aliphatic hydroxyl groups is 1. The lowest BCUT2D eigenvalue weighted by Crippen LogP contribution is -2.37. The van der Waals surface area contributed by atoms with Crippen LogP contribution in [0.25, 0.3) is 0 Å². The molecular formula is C9H12ClF3N4O. The van der Waals surface area contributed by atoms with Gasteiger partial charge < -0.3 is 15.7 Å². The van der Waals surface area contributed by atoms with Crippen molar-refractivity contribution in [2.45, 2.75) is 13.1 Å². The zero-order chi connectivity index (χ0) is 13.9. The zero-order valence-electron chi connectivity index (χ0n) is 9.50. The van der Waals surface area contributed by atoms with E-state index in [4.69, 9.17) is 22.4 Å². The lowest BCUT2D eigenvalue weighted by Gasteiger charge is -2.25. The molecule has 9 heteroatoms. The molecular weight excluding hydrogens is 273 g/mol. The molecule has 102 valence electrons. The molecule has 0 fully saturated rings. The van der Waals surface area contributed by atoms with Crippen LogP contribution in [0.5, 0.6) is 0 Å². The summed E-state index contributed by atoms with van der Waals surface area (Å²) < 4.78 is 37.2. The minimum atomic E-state index is -4.44. The van der Waals surface area contributed by atoms with Gasteiger partial charge in [-0.15, -0.1) is 0 Å². The Hall–Kier alpha value is -1.28. The van der Waals surface area contributed by atoms with Crippen molar-refractivity contribution in [2.75, 3.05) is 30.3 Å². The van der Waals surface area contributed by atoms with Crippen molar-refractivity contribution in [3.05, 3.63) is 11.0 Å². The van der Waals surface area contributed by atoms with Crippen molar-refractivity contribution in [3.8, 4) is 0 Å². The van der Waals surface area contributed by atoms with E-state index in [1.165, 1.54) is 6.92 Å². The van der Waals surface area contributed by atoms with E-state index in [1.807, 2.05) is 0 Å². The quantitative estimate of drug-likeness (QED) is 0.817. The van der Waals surface area contributed by atoms with Gasteiger partial charge in [0, 0.05) is 6.54 Å². The van der Waals surface area contributed by atoms with E-state index in [2.05, 4.69) is 9.97 Å². The minimum absolute atomic E-state index is 0.0112. The Labute approximate surface area is 106 Å². The summed E-state index contributed by atoms with van der Waals surface area (Å²) in [6.07, 6.45) is -4.44. The Balaban J connectivity index is 3.13. The molecule has 5 nitrogen and oxygen atoms in total. The molecule has 0 amide bonds. The van der Waals surface area contributed by atoms with Crippen molar-refractivity contribution in [2.24, 2.45) is 0 Å². The standard InChI is InChI=1S/C9H12ClF3N4O/c1-5-6(14)7(16-8(10)15-5)17(2-3-18)4-9(11,12)13/h18H,2-4,14H2,1H3. The highest BCUT2D eigenvalue weighted by atomic mass is 35.5. The van der Waals surface area contributed by atoms with Crippen molar-refractivity contribution >= 4 is 23.1 Å². The van der Waals surface area contributed by atoms with Gasteiger partial charge in [-0.25, -0.2) is 4.98 Å². The van der Waals surface area contributed by atoms with Crippen LogP contribution < -0.4 is 10.6 Å². The number of halogens is 4. The minimum Gasteiger partial charge on any atom is -0.395 e. The normalized spacial score (nSPS) is 11.7. The maximum absolute atomic E-state index is 12.4. The number of nitrogens with zero attached hydrogens (tertiary/aromatic N) is 3. The van der Waals surface area contributed by atoms with E-state index in [0.717, 1.165) is 4.90 Å². The fraction of sp³-hybridized carbons (Fsp3) is 0.556. The third-order valence-corrected chi connectivity index (χ3v) is 2.30. The predicted octanol–water partition coefficient (Wildman–Crippen LogP) is 1.38. The largest absolute Gasteiger partial charge is 0.405 e. The highest BCUT2D eigenvalue weighted by Gasteiger charge is 2.32. The van der Waals surface area contributed by atoms with Gasteiger partial charge in [-0.1, -0.05) is 0 Å². The summed E-state index contributed by atoms with van der Waals surface area (Å²) in [6.45, 7) is -0.478. The van der Waals surface area contributed by atoms with E-state index >= 15 is 0 Å². The van der Waals surface area contributed by atoms with Crippen LogP contribution in [0.2, 0.25) is 5.28 Å². The maximum Gasteiger partial charge on any atom is 0.405 e. The van der Waals surface area contributed by atoms with Crippen LogP contribution >= 0.6 is 11.6 Å². The summed E-state index contributed by atoms with van der Waals surface area (Å²) in [5.41, 5.74) is 5.93. The molecule has 0 unspecified atom stereocenters. The van der Waals surface area contributed by atoms with Gasteiger partial charge in [0.15, 0.2) is 5.82 Å². The first-order valence-electron chi connectivity index (χ1n) is 4.96. The first kappa shape index (κ1) is 14.8. The number of aliphatic hydroxyl groups excluding tert-OH is 1. The molecule has 0 aliphatic heterocycles. The van der Waals surface area contributed by atoms with Crippen molar-refractivity contribution in [3.63, 3.8) is 0 Å².